The van der Waals surface area contributed by atoms with E-state index >= 15 is 0 Å². The molecule has 1 aromatic carbocycles. The van der Waals surface area contributed by atoms with E-state index in [0.717, 1.165) is 36.8 Å². The largest absolute Gasteiger partial charge is 0.344 e. The average molecular weight is 355 g/mol. The molecule has 0 radical (unpaired) electrons. The molecule has 2 fully saturated rings. The van der Waals surface area contributed by atoms with Crippen LogP contribution in [0.4, 0.5) is 0 Å². The highest BCUT2D eigenvalue weighted by molar-refractivity contribution is 7.84. The molecule has 1 heterocycles. The lowest BCUT2D eigenvalue weighted by Crippen LogP contribution is -2.33. The fourth-order valence-corrected chi connectivity index (χ4v) is 3.99. The van der Waals surface area contributed by atoms with Crippen LogP contribution in [0.25, 0.3) is 0 Å². The molecule has 6 nitrogen and oxygen atoms in total. The van der Waals surface area contributed by atoms with Crippen molar-refractivity contribution < 1.29 is 22.1 Å². The number of hydrogen-bond acceptors (Lipinski definition) is 5. The summed E-state index contributed by atoms with van der Waals surface area (Å²) in [5.41, 5.74) is 2.22. The normalized spacial score (nSPS) is 26.8. The second kappa shape index (κ2) is 7.09. The van der Waals surface area contributed by atoms with E-state index in [9.17, 15) is 8.42 Å². The second-order valence-electron chi connectivity index (χ2n) is 6.63. The first-order chi connectivity index (χ1) is 11.4. The number of ether oxygens (including phenoxy) is 2. The molecule has 0 amide bonds. The molecule has 1 aromatic rings. The molecule has 2 N–H and O–H groups in total. The fraction of sp³-hybridized carbons (Fsp3) is 0.647. The second-order valence-corrected chi connectivity index (χ2v) is 7.85. The van der Waals surface area contributed by atoms with E-state index in [1.807, 2.05) is 31.2 Å². The van der Waals surface area contributed by atoms with Crippen molar-refractivity contribution in [1.82, 2.24) is 0 Å². The van der Waals surface area contributed by atoms with Crippen LogP contribution in [-0.4, -0.2) is 26.9 Å². The van der Waals surface area contributed by atoms with Gasteiger partial charge in [0, 0.05) is 19.3 Å². The van der Waals surface area contributed by atoms with E-state index in [2.05, 4.69) is 0 Å². The third kappa shape index (κ3) is 4.15. The molecule has 1 aliphatic carbocycles. The first-order valence-electron chi connectivity index (χ1n) is 8.47. The molecular formula is C17H25NO5S. The highest BCUT2D eigenvalue weighted by atomic mass is 32.2. The summed E-state index contributed by atoms with van der Waals surface area (Å²) < 4.78 is 39.4. The van der Waals surface area contributed by atoms with E-state index in [4.69, 9.17) is 18.8 Å². The van der Waals surface area contributed by atoms with E-state index in [1.54, 1.807) is 0 Å². The maximum Gasteiger partial charge on any atom is 0.333 e. The summed E-state index contributed by atoms with van der Waals surface area (Å²) >= 11 is 0. The molecule has 1 saturated heterocycles. The van der Waals surface area contributed by atoms with Crippen LogP contribution in [-0.2, 0) is 24.0 Å². The van der Waals surface area contributed by atoms with Crippen molar-refractivity contribution >= 4 is 10.3 Å². The Kier molecular flexibility index (Phi) is 5.27. The Morgan fingerprint density at radius 1 is 1.21 bits per heavy atom. The van der Waals surface area contributed by atoms with Crippen LogP contribution in [0, 0.1) is 6.92 Å². The minimum atomic E-state index is -3.94. The molecule has 2 aliphatic rings. The third-order valence-corrected chi connectivity index (χ3v) is 5.30. The number of nitrogens with two attached hydrogens (primary N) is 1. The van der Waals surface area contributed by atoms with Crippen molar-refractivity contribution in [3.63, 3.8) is 0 Å². The Labute approximate surface area is 143 Å². The summed E-state index contributed by atoms with van der Waals surface area (Å²) in [6.45, 7) is 2.04. The molecule has 1 aliphatic heterocycles. The SMILES string of the molecule is Cc1ccccc1C1OC2(CCCCC2)OC1CCOS(N)(=O)=O. The first kappa shape index (κ1) is 17.8. The zero-order valence-electron chi connectivity index (χ0n) is 13.9. The highest BCUT2D eigenvalue weighted by Gasteiger charge is 2.48. The Morgan fingerprint density at radius 3 is 2.58 bits per heavy atom. The smallest absolute Gasteiger partial charge is 0.333 e. The van der Waals surface area contributed by atoms with Crippen LogP contribution in [0.2, 0.25) is 0 Å². The van der Waals surface area contributed by atoms with Crippen molar-refractivity contribution in [2.75, 3.05) is 6.61 Å². The van der Waals surface area contributed by atoms with Gasteiger partial charge >= 0.3 is 10.3 Å². The minimum Gasteiger partial charge on any atom is -0.344 e. The van der Waals surface area contributed by atoms with Crippen molar-refractivity contribution in [2.45, 2.75) is 63.4 Å². The zero-order valence-corrected chi connectivity index (χ0v) is 14.8. The van der Waals surface area contributed by atoms with Gasteiger partial charge in [0.1, 0.15) is 6.10 Å². The lowest BCUT2D eigenvalue weighted by atomic mass is 9.94. The molecule has 2 atom stereocenters. The van der Waals surface area contributed by atoms with Crippen LogP contribution in [0.5, 0.6) is 0 Å². The molecule has 2 unspecified atom stereocenters. The van der Waals surface area contributed by atoms with Gasteiger partial charge in [-0.3, -0.25) is 4.18 Å². The minimum absolute atomic E-state index is 0.00861. The van der Waals surface area contributed by atoms with Gasteiger partial charge in [-0.15, -0.1) is 0 Å². The summed E-state index contributed by atoms with van der Waals surface area (Å²) in [5, 5.41) is 4.90. The van der Waals surface area contributed by atoms with Crippen molar-refractivity contribution in [3.05, 3.63) is 35.4 Å². The summed E-state index contributed by atoms with van der Waals surface area (Å²) in [4.78, 5) is 0. The topological polar surface area (TPSA) is 87.8 Å². The van der Waals surface area contributed by atoms with Crippen LogP contribution >= 0.6 is 0 Å². The number of hydrogen-bond donors (Lipinski definition) is 1. The third-order valence-electron chi connectivity index (χ3n) is 4.81. The Balaban J connectivity index is 1.78. The van der Waals surface area contributed by atoms with E-state index in [-0.39, 0.29) is 18.8 Å². The molecule has 1 spiro atoms. The zero-order chi connectivity index (χ0) is 17.2. The average Bonchev–Trinajstić information content (AvgIpc) is 2.85. The summed E-state index contributed by atoms with van der Waals surface area (Å²) in [6, 6.07) is 8.06. The van der Waals surface area contributed by atoms with Crippen LogP contribution in [0.15, 0.2) is 24.3 Å². The molecule has 3 rings (SSSR count). The van der Waals surface area contributed by atoms with Gasteiger partial charge in [0.25, 0.3) is 0 Å². The standard InChI is InChI=1S/C17H25NO5S/c1-13-7-3-4-8-14(13)16-15(9-12-21-24(18,19)20)22-17(23-16)10-5-2-6-11-17/h3-4,7-8,15-16H,2,5-6,9-12H2,1H3,(H2,18,19,20). The van der Waals surface area contributed by atoms with Crippen molar-refractivity contribution in [1.29, 1.82) is 0 Å². The van der Waals surface area contributed by atoms with Gasteiger partial charge in [0.15, 0.2) is 5.79 Å². The summed E-state index contributed by atoms with van der Waals surface area (Å²) in [5.74, 6) is -0.544. The van der Waals surface area contributed by atoms with Crippen LogP contribution in [0.3, 0.4) is 0 Å². The Hall–Kier alpha value is -0.990. The molecule has 7 heteroatoms. The van der Waals surface area contributed by atoms with Gasteiger partial charge in [0.05, 0.1) is 12.7 Å². The Bertz CT molecular complexity index is 669. The van der Waals surface area contributed by atoms with Crippen LogP contribution in [0.1, 0.15) is 55.8 Å². The fourth-order valence-electron chi connectivity index (χ4n) is 3.66. The predicted octanol–water partition coefficient (Wildman–Crippen LogP) is 2.72. The lowest BCUT2D eigenvalue weighted by Gasteiger charge is -2.32. The van der Waals surface area contributed by atoms with Gasteiger partial charge in [0.2, 0.25) is 0 Å². The van der Waals surface area contributed by atoms with E-state index in [1.165, 1.54) is 6.42 Å². The van der Waals surface area contributed by atoms with Gasteiger partial charge in [-0.25, -0.2) is 5.14 Å². The van der Waals surface area contributed by atoms with Gasteiger partial charge < -0.3 is 9.47 Å². The molecule has 0 aromatic heterocycles. The van der Waals surface area contributed by atoms with E-state index < -0.39 is 16.1 Å². The highest BCUT2D eigenvalue weighted by Crippen LogP contribution is 2.47. The molecule has 134 valence electrons. The Morgan fingerprint density at radius 2 is 1.92 bits per heavy atom. The summed E-state index contributed by atoms with van der Waals surface area (Å²) in [6.07, 6.45) is 5.07. The number of aryl methyl sites for hydroxylation is 1. The maximum absolute atomic E-state index is 11.0. The van der Waals surface area contributed by atoms with Crippen molar-refractivity contribution in [2.24, 2.45) is 5.14 Å². The maximum atomic E-state index is 11.0. The number of rotatable bonds is 5. The first-order valence-corrected chi connectivity index (χ1v) is 9.94. The quantitative estimate of drug-likeness (QED) is 0.877. The van der Waals surface area contributed by atoms with Crippen LogP contribution < -0.4 is 5.14 Å². The monoisotopic (exact) mass is 355 g/mol. The summed E-state index contributed by atoms with van der Waals surface area (Å²) in [7, 11) is -3.94. The van der Waals surface area contributed by atoms with Gasteiger partial charge in [-0.05, 0) is 30.9 Å². The molecular weight excluding hydrogens is 330 g/mol. The molecule has 24 heavy (non-hydrogen) atoms. The van der Waals surface area contributed by atoms with Crippen molar-refractivity contribution in [3.8, 4) is 0 Å². The molecule has 0 bridgehead atoms. The van der Waals surface area contributed by atoms with Gasteiger partial charge in [-0.2, -0.15) is 8.42 Å². The lowest BCUT2D eigenvalue weighted by molar-refractivity contribution is -0.195. The number of benzene rings is 1. The predicted molar refractivity (Wildman–Crippen MR) is 89.4 cm³/mol. The van der Waals surface area contributed by atoms with E-state index in [0.29, 0.717) is 6.42 Å². The van der Waals surface area contributed by atoms with Gasteiger partial charge in [-0.1, -0.05) is 30.7 Å². The molecule has 1 saturated carbocycles.